The molecule has 27 heavy (non-hydrogen) atoms. The van der Waals surface area contributed by atoms with Crippen LogP contribution in [0.2, 0.25) is 5.02 Å². The number of rotatable bonds is 8. The fourth-order valence-corrected chi connectivity index (χ4v) is 3.33. The molecule has 0 unspecified atom stereocenters. The van der Waals surface area contributed by atoms with Crippen molar-refractivity contribution in [3.8, 4) is 5.75 Å². The van der Waals surface area contributed by atoms with Gasteiger partial charge in [-0.05, 0) is 29.7 Å². The number of hydrogen-bond donors (Lipinski definition) is 3. The van der Waals surface area contributed by atoms with Crippen molar-refractivity contribution in [3.05, 3.63) is 64.7 Å². The van der Waals surface area contributed by atoms with Crippen molar-refractivity contribution in [1.29, 1.82) is 0 Å². The molecule has 0 saturated heterocycles. The highest BCUT2D eigenvalue weighted by Gasteiger charge is 2.23. The van der Waals surface area contributed by atoms with Crippen LogP contribution in [0.1, 0.15) is 11.1 Å². The lowest BCUT2D eigenvalue weighted by atomic mass is 10.1. The van der Waals surface area contributed by atoms with Crippen LogP contribution < -0.4 is 20.4 Å². The number of benzene rings is 2. The molecule has 0 aliphatic carbocycles. The maximum absolute atomic E-state index is 12.0. The highest BCUT2D eigenvalue weighted by Crippen LogP contribution is 2.26. The second-order valence-electron chi connectivity index (χ2n) is 5.71. The van der Waals surface area contributed by atoms with Gasteiger partial charge in [-0.15, -0.1) is 0 Å². The highest BCUT2D eigenvalue weighted by molar-refractivity contribution is 7.85. The van der Waals surface area contributed by atoms with Gasteiger partial charge in [0.05, 0.1) is 17.5 Å². The molecule has 5 N–H and O–H groups in total. The lowest BCUT2D eigenvalue weighted by molar-refractivity contribution is -0.120. The van der Waals surface area contributed by atoms with Crippen LogP contribution in [-0.2, 0) is 32.7 Å². The van der Waals surface area contributed by atoms with E-state index >= 15 is 0 Å². The Morgan fingerprint density at radius 3 is 2.37 bits per heavy atom. The van der Waals surface area contributed by atoms with Crippen LogP contribution in [0.25, 0.3) is 0 Å². The van der Waals surface area contributed by atoms with Crippen molar-refractivity contribution in [2.75, 3.05) is 0 Å². The summed E-state index contributed by atoms with van der Waals surface area (Å²) in [5, 5.41) is -0.0554. The van der Waals surface area contributed by atoms with Crippen molar-refractivity contribution < 1.29 is 22.2 Å². The molecule has 0 saturated carbocycles. The van der Waals surface area contributed by atoms with Crippen LogP contribution in [0.3, 0.4) is 0 Å². The van der Waals surface area contributed by atoms with E-state index in [-0.39, 0.29) is 23.6 Å². The maximum atomic E-state index is 12.0. The quantitative estimate of drug-likeness (QED) is 0.583. The third-order valence-electron chi connectivity index (χ3n) is 3.43. The molecule has 0 fully saturated rings. The molecule has 2 rings (SSSR count). The first-order chi connectivity index (χ1) is 12.7. The maximum Gasteiger partial charge on any atom is 0.409 e. The molecule has 0 aliphatic heterocycles. The van der Waals surface area contributed by atoms with Crippen LogP contribution in [0.4, 0.5) is 0 Å². The van der Waals surface area contributed by atoms with Gasteiger partial charge in [0.1, 0.15) is 0 Å². The number of halogens is 1. The Labute approximate surface area is 161 Å². The Balaban J connectivity index is 2.01. The third kappa shape index (κ3) is 6.55. The van der Waals surface area contributed by atoms with E-state index in [1.54, 1.807) is 29.0 Å². The molecular formula is C17H18ClN3O5S. The molecule has 2 amide bonds. The van der Waals surface area contributed by atoms with Gasteiger partial charge in [-0.1, -0.05) is 48.0 Å². The summed E-state index contributed by atoms with van der Waals surface area (Å²) in [7, 11) is -4.49. The van der Waals surface area contributed by atoms with Gasteiger partial charge in [0.15, 0.2) is 5.75 Å². The van der Waals surface area contributed by atoms with E-state index in [0.29, 0.717) is 5.56 Å². The monoisotopic (exact) mass is 411 g/mol. The standard InChI is InChI=1S/C17H18ClN3O5S/c18-13-8-12(10-16(20)22)6-7-15(13)26-27(24,25)21-17(23)14(19)9-11-4-2-1-3-5-11/h1-8,14H,9-10,19H2,(H2,20,22)(H,21,23)/t14-/m0/s1. The molecule has 0 aliphatic rings. The molecule has 1 atom stereocenters. The van der Waals surface area contributed by atoms with Crippen LogP contribution in [0.15, 0.2) is 48.5 Å². The SMILES string of the molecule is NC(=O)Cc1ccc(OS(=O)(=O)NC(=O)[C@@H](N)Cc2ccccc2)c(Cl)c1. The van der Waals surface area contributed by atoms with Gasteiger partial charge >= 0.3 is 10.3 Å². The second kappa shape index (κ2) is 8.85. The molecule has 0 radical (unpaired) electrons. The van der Waals surface area contributed by atoms with Gasteiger partial charge in [0.2, 0.25) is 5.91 Å². The van der Waals surface area contributed by atoms with Crippen LogP contribution in [0.5, 0.6) is 5.75 Å². The first-order valence-corrected chi connectivity index (χ1v) is 9.57. The van der Waals surface area contributed by atoms with E-state index < -0.39 is 28.2 Å². The minimum absolute atomic E-state index is 0.0554. The molecule has 8 nitrogen and oxygen atoms in total. The van der Waals surface area contributed by atoms with E-state index in [4.69, 9.17) is 27.3 Å². The van der Waals surface area contributed by atoms with Crippen LogP contribution in [0, 0.1) is 0 Å². The van der Waals surface area contributed by atoms with E-state index in [1.807, 2.05) is 6.07 Å². The molecule has 0 heterocycles. The van der Waals surface area contributed by atoms with E-state index in [0.717, 1.165) is 5.56 Å². The number of nitrogens with two attached hydrogens (primary N) is 2. The molecule has 0 bridgehead atoms. The van der Waals surface area contributed by atoms with Crippen molar-refractivity contribution >= 4 is 33.7 Å². The van der Waals surface area contributed by atoms with Crippen molar-refractivity contribution in [2.45, 2.75) is 18.9 Å². The summed E-state index contributed by atoms with van der Waals surface area (Å²) in [4.78, 5) is 22.9. The molecule has 10 heteroatoms. The average Bonchev–Trinajstić information content (AvgIpc) is 2.57. The fourth-order valence-electron chi connectivity index (χ4n) is 2.22. The summed E-state index contributed by atoms with van der Waals surface area (Å²) in [5.74, 6) is -1.69. The normalized spacial score (nSPS) is 12.2. The fraction of sp³-hybridized carbons (Fsp3) is 0.176. The van der Waals surface area contributed by atoms with Gasteiger partial charge in [-0.25, -0.2) is 4.72 Å². The summed E-state index contributed by atoms with van der Waals surface area (Å²) in [6.45, 7) is 0. The Bertz CT molecular complexity index is 935. The van der Waals surface area contributed by atoms with E-state index in [9.17, 15) is 18.0 Å². The molecule has 2 aromatic carbocycles. The van der Waals surface area contributed by atoms with Gasteiger partial charge in [-0.3, -0.25) is 9.59 Å². The van der Waals surface area contributed by atoms with Gasteiger partial charge in [0, 0.05) is 0 Å². The predicted molar refractivity (Wildman–Crippen MR) is 100 cm³/mol. The molecule has 0 aromatic heterocycles. The number of carbonyl (C=O) groups excluding carboxylic acids is 2. The Kier molecular flexibility index (Phi) is 6.78. The lowest BCUT2D eigenvalue weighted by Gasteiger charge is -2.14. The van der Waals surface area contributed by atoms with Crippen LogP contribution >= 0.6 is 11.6 Å². The minimum Gasteiger partial charge on any atom is -0.369 e. The number of carbonyl (C=O) groups is 2. The van der Waals surface area contributed by atoms with Crippen molar-refractivity contribution in [1.82, 2.24) is 4.72 Å². The number of nitrogens with one attached hydrogen (secondary N) is 1. The van der Waals surface area contributed by atoms with Gasteiger partial charge in [-0.2, -0.15) is 8.42 Å². The molecule has 0 spiro atoms. The summed E-state index contributed by atoms with van der Waals surface area (Å²) in [6.07, 6.45) is 0.0998. The van der Waals surface area contributed by atoms with Crippen molar-refractivity contribution in [2.24, 2.45) is 11.5 Å². The number of primary amides is 1. The first kappa shape index (κ1) is 20.7. The smallest absolute Gasteiger partial charge is 0.369 e. The molecular weight excluding hydrogens is 394 g/mol. The average molecular weight is 412 g/mol. The summed E-state index contributed by atoms with van der Waals surface area (Å²) in [6, 6.07) is 11.9. The summed E-state index contributed by atoms with van der Waals surface area (Å²) >= 11 is 5.95. The first-order valence-electron chi connectivity index (χ1n) is 7.78. The zero-order chi connectivity index (χ0) is 20.0. The summed E-state index contributed by atoms with van der Waals surface area (Å²) in [5.41, 5.74) is 12.1. The minimum atomic E-state index is -4.49. The van der Waals surface area contributed by atoms with Crippen LogP contribution in [-0.4, -0.2) is 26.3 Å². The highest BCUT2D eigenvalue weighted by atomic mass is 35.5. The molecule has 144 valence electrons. The zero-order valence-electron chi connectivity index (χ0n) is 14.1. The number of hydrogen-bond acceptors (Lipinski definition) is 6. The van der Waals surface area contributed by atoms with E-state index in [1.165, 1.54) is 18.2 Å². The Morgan fingerprint density at radius 1 is 1.11 bits per heavy atom. The number of amides is 2. The van der Waals surface area contributed by atoms with E-state index in [2.05, 4.69) is 0 Å². The van der Waals surface area contributed by atoms with Gasteiger partial charge in [0.25, 0.3) is 5.91 Å². The van der Waals surface area contributed by atoms with Gasteiger partial charge < -0.3 is 15.7 Å². The largest absolute Gasteiger partial charge is 0.409 e. The predicted octanol–water partition coefficient (Wildman–Crippen LogP) is 0.678. The topological polar surface area (TPSA) is 142 Å². The third-order valence-corrected chi connectivity index (χ3v) is 4.58. The summed E-state index contributed by atoms with van der Waals surface area (Å²) < 4.78 is 30.6. The zero-order valence-corrected chi connectivity index (χ0v) is 15.7. The molecule has 2 aromatic rings. The second-order valence-corrected chi connectivity index (χ2v) is 7.39. The lowest BCUT2D eigenvalue weighted by Crippen LogP contribution is -2.45. The Hall–Kier alpha value is -2.62. The van der Waals surface area contributed by atoms with Crippen molar-refractivity contribution in [3.63, 3.8) is 0 Å². The Morgan fingerprint density at radius 2 is 1.78 bits per heavy atom.